The van der Waals surface area contributed by atoms with Crippen molar-refractivity contribution in [2.75, 3.05) is 13.7 Å². The number of hydroxylamine groups is 1. The third kappa shape index (κ3) is 37.6. The molecule has 0 atom stereocenters. The third-order valence-electron chi connectivity index (χ3n) is 1.38. The lowest BCUT2D eigenvalue weighted by Crippen LogP contribution is -2.17. The maximum absolute atomic E-state index is 9.76. The van der Waals surface area contributed by atoms with Gasteiger partial charge in [-0.3, -0.25) is 4.79 Å². The Morgan fingerprint density at radius 1 is 1.38 bits per heavy atom. The van der Waals surface area contributed by atoms with E-state index in [-0.39, 0.29) is 0 Å². The van der Waals surface area contributed by atoms with Gasteiger partial charge in [-0.05, 0) is 12.3 Å². The second-order valence-electron chi connectivity index (χ2n) is 3.44. The highest BCUT2D eigenvalue weighted by Crippen LogP contribution is 1.91. The predicted molar refractivity (Wildman–Crippen MR) is 68.4 cm³/mol. The molecule has 0 aromatic heterocycles. The molecule has 16 heavy (non-hydrogen) atoms. The van der Waals surface area contributed by atoms with Crippen molar-refractivity contribution in [1.82, 2.24) is 5.48 Å². The molecule has 0 aliphatic rings. The lowest BCUT2D eigenvalue weighted by Gasteiger charge is -2.02. The minimum absolute atomic E-state index is 0.316. The average Bonchev–Trinajstić information content (AvgIpc) is 2.27. The topological polar surface area (TPSA) is 58.6 Å². The van der Waals surface area contributed by atoms with E-state index in [0.29, 0.717) is 12.3 Å². The molecule has 0 radical (unpaired) electrons. The Balaban J connectivity index is -0.000000183. The zero-order chi connectivity index (χ0) is 13.4. The normalized spacial score (nSPS) is 8.69. The van der Waals surface area contributed by atoms with Gasteiger partial charge >= 0.3 is 5.97 Å². The highest BCUT2D eigenvalue weighted by Gasteiger charge is 1.90. The molecule has 0 aliphatic heterocycles. The summed E-state index contributed by atoms with van der Waals surface area (Å²) in [7, 11) is 1.63. The fourth-order valence-electron chi connectivity index (χ4n) is 0.578. The Bertz CT molecular complexity index is 127. The van der Waals surface area contributed by atoms with Gasteiger partial charge in [-0.1, -0.05) is 41.0 Å². The van der Waals surface area contributed by atoms with Crippen molar-refractivity contribution < 1.29 is 14.7 Å². The van der Waals surface area contributed by atoms with Crippen molar-refractivity contribution in [3.8, 4) is 0 Å². The molecule has 0 spiro atoms. The van der Waals surface area contributed by atoms with Gasteiger partial charge in [0, 0.05) is 13.0 Å². The van der Waals surface area contributed by atoms with E-state index in [1.807, 2.05) is 20.8 Å². The summed E-state index contributed by atoms with van der Waals surface area (Å²) >= 11 is 0. The van der Waals surface area contributed by atoms with Gasteiger partial charge in [0.25, 0.3) is 0 Å². The highest BCUT2D eigenvalue weighted by molar-refractivity contribution is 5.66. The number of aliphatic carboxylic acids is 1. The smallest absolute Gasteiger partial charge is 0.303 e. The molecular formula is C12H29NO3. The van der Waals surface area contributed by atoms with Crippen LogP contribution < -0.4 is 5.48 Å². The van der Waals surface area contributed by atoms with Crippen LogP contribution in [0.25, 0.3) is 0 Å². The van der Waals surface area contributed by atoms with Gasteiger partial charge in [0.15, 0.2) is 0 Å². The average molecular weight is 235 g/mol. The fraction of sp³-hybridized carbons (Fsp3) is 0.917. The van der Waals surface area contributed by atoms with Gasteiger partial charge < -0.3 is 9.94 Å². The number of unbranched alkanes of at least 4 members (excludes halogenated alkanes) is 1. The zero-order valence-corrected chi connectivity index (χ0v) is 11.7. The van der Waals surface area contributed by atoms with Gasteiger partial charge in [0.05, 0.1) is 7.11 Å². The minimum Gasteiger partial charge on any atom is -0.481 e. The van der Waals surface area contributed by atoms with E-state index in [1.54, 1.807) is 7.11 Å². The summed E-state index contributed by atoms with van der Waals surface area (Å²) in [6, 6.07) is 0. The summed E-state index contributed by atoms with van der Waals surface area (Å²) in [5.74, 6) is -0.0261. The van der Waals surface area contributed by atoms with Crippen LogP contribution in [0.3, 0.4) is 0 Å². The standard InChI is InChI=1S/C5H13NO.C5H10O2.C2H6/c1-5(2)4-6-7-3;1-2-3-4-5(6)7;1-2/h5-6H,4H2,1-3H3;2-4H2,1H3,(H,6,7);1-2H3. The predicted octanol–water partition coefficient (Wildman–Crippen LogP) is 3.08. The van der Waals surface area contributed by atoms with Crippen LogP contribution in [0.5, 0.6) is 0 Å². The largest absolute Gasteiger partial charge is 0.481 e. The maximum atomic E-state index is 9.76. The Morgan fingerprint density at radius 2 is 1.88 bits per heavy atom. The number of carboxylic acid groups (broad SMARTS) is 1. The number of carboxylic acids is 1. The maximum Gasteiger partial charge on any atom is 0.303 e. The molecule has 100 valence electrons. The van der Waals surface area contributed by atoms with Crippen LogP contribution in [0.2, 0.25) is 0 Å². The summed E-state index contributed by atoms with van der Waals surface area (Å²) in [5.41, 5.74) is 2.75. The molecule has 0 aromatic rings. The molecule has 0 saturated heterocycles. The van der Waals surface area contributed by atoms with Gasteiger partial charge in [-0.15, -0.1) is 0 Å². The van der Waals surface area contributed by atoms with Crippen molar-refractivity contribution in [2.45, 2.75) is 53.9 Å². The number of nitrogens with one attached hydrogen (secondary N) is 1. The van der Waals surface area contributed by atoms with E-state index in [9.17, 15) is 4.79 Å². The fourth-order valence-corrected chi connectivity index (χ4v) is 0.578. The molecule has 0 bridgehead atoms. The molecule has 2 N–H and O–H groups in total. The Labute approximate surface area is 100 Å². The summed E-state index contributed by atoms with van der Waals surface area (Å²) in [6.45, 7) is 11.2. The molecule has 0 heterocycles. The summed E-state index contributed by atoms with van der Waals surface area (Å²) in [4.78, 5) is 14.4. The molecule has 0 amide bonds. The Kier molecular flexibility index (Phi) is 25.8. The molecule has 0 fully saturated rings. The zero-order valence-electron chi connectivity index (χ0n) is 11.7. The number of rotatable bonds is 6. The van der Waals surface area contributed by atoms with Crippen molar-refractivity contribution in [1.29, 1.82) is 0 Å². The highest BCUT2D eigenvalue weighted by atomic mass is 16.6. The van der Waals surface area contributed by atoms with Crippen molar-refractivity contribution >= 4 is 5.97 Å². The van der Waals surface area contributed by atoms with Gasteiger partial charge in [0.1, 0.15) is 0 Å². The van der Waals surface area contributed by atoms with E-state index in [2.05, 4.69) is 24.2 Å². The first-order valence-electron chi connectivity index (χ1n) is 6.02. The second-order valence-corrected chi connectivity index (χ2v) is 3.44. The van der Waals surface area contributed by atoms with Crippen LogP contribution in [0.4, 0.5) is 0 Å². The molecule has 4 heteroatoms. The van der Waals surface area contributed by atoms with E-state index in [0.717, 1.165) is 19.4 Å². The van der Waals surface area contributed by atoms with Crippen LogP contribution in [0.1, 0.15) is 53.9 Å². The SMILES string of the molecule is CC.CCCCC(=O)O.CONCC(C)C. The van der Waals surface area contributed by atoms with E-state index in [4.69, 9.17) is 5.11 Å². The number of carbonyl (C=O) groups is 1. The van der Waals surface area contributed by atoms with Crippen LogP contribution in [-0.4, -0.2) is 24.7 Å². The summed E-state index contributed by atoms with van der Waals surface area (Å²) in [6.07, 6.45) is 2.08. The molecule has 0 unspecified atom stereocenters. The molecular weight excluding hydrogens is 206 g/mol. The molecule has 0 aliphatic carbocycles. The first kappa shape index (κ1) is 20.8. The first-order valence-corrected chi connectivity index (χ1v) is 6.02. The van der Waals surface area contributed by atoms with E-state index < -0.39 is 5.97 Å². The second kappa shape index (κ2) is 19.9. The molecule has 4 nitrogen and oxygen atoms in total. The van der Waals surface area contributed by atoms with Crippen LogP contribution in [-0.2, 0) is 9.63 Å². The Hall–Kier alpha value is -0.610. The van der Waals surface area contributed by atoms with Gasteiger partial charge in [-0.2, -0.15) is 0 Å². The third-order valence-corrected chi connectivity index (χ3v) is 1.38. The van der Waals surface area contributed by atoms with Gasteiger partial charge in [-0.25, -0.2) is 5.48 Å². The quantitative estimate of drug-likeness (QED) is 0.695. The lowest BCUT2D eigenvalue weighted by atomic mass is 10.2. The minimum atomic E-state index is -0.693. The number of hydrogen-bond acceptors (Lipinski definition) is 3. The van der Waals surface area contributed by atoms with Crippen molar-refractivity contribution in [3.05, 3.63) is 0 Å². The van der Waals surface area contributed by atoms with Crippen LogP contribution in [0.15, 0.2) is 0 Å². The van der Waals surface area contributed by atoms with Crippen molar-refractivity contribution in [2.24, 2.45) is 5.92 Å². The van der Waals surface area contributed by atoms with E-state index >= 15 is 0 Å². The summed E-state index contributed by atoms with van der Waals surface area (Å²) < 4.78 is 0. The Morgan fingerprint density at radius 3 is 2.00 bits per heavy atom. The van der Waals surface area contributed by atoms with Gasteiger partial charge in [0.2, 0.25) is 0 Å². The van der Waals surface area contributed by atoms with Crippen LogP contribution >= 0.6 is 0 Å². The number of hydrogen-bond donors (Lipinski definition) is 2. The van der Waals surface area contributed by atoms with E-state index in [1.165, 1.54) is 0 Å². The molecule has 0 rings (SSSR count). The summed E-state index contributed by atoms with van der Waals surface area (Å²) in [5, 5.41) is 8.04. The molecule has 0 aromatic carbocycles. The first-order chi connectivity index (χ1) is 7.54. The lowest BCUT2D eigenvalue weighted by molar-refractivity contribution is -0.137. The van der Waals surface area contributed by atoms with Crippen LogP contribution in [0, 0.1) is 5.92 Å². The monoisotopic (exact) mass is 235 g/mol. The van der Waals surface area contributed by atoms with Crippen molar-refractivity contribution in [3.63, 3.8) is 0 Å². The molecule has 0 saturated carbocycles.